The zero-order valence-electron chi connectivity index (χ0n) is 9.51. The number of aryl methyl sites for hydroxylation is 1. The van der Waals surface area contributed by atoms with Gasteiger partial charge >= 0.3 is 0 Å². The second-order valence-corrected chi connectivity index (χ2v) is 3.57. The van der Waals surface area contributed by atoms with Crippen molar-refractivity contribution in [2.75, 3.05) is 11.9 Å². The molecule has 5 heteroatoms. The summed E-state index contributed by atoms with van der Waals surface area (Å²) >= 11 is 0. The fourth-order valence-corrected chi connectivity index (χ4v) is 1.48. The molecule has 0 aliphatic carbocycles. The molecule has 2 aromatic rings. The highest BCUT2D eigenvalue weighted by molar-refractivity contribution is 5.67. The highest BCUT2D eigenvalue weighted by Gasteiger charge is 2.09. The van der Waals surface area contributed by atoms with Gasteiger partial charge in [0.25, 0.3) is 0 Å². The summed E-state index contributed by atoms with van der Waals surface area (Å²) in [6.07, 6.45) is 7.99. The summed E-state index contributed by atoms with van der Waals surface area (Å²) in [4.78, 5) is 12.7. The van der Waals surface area contributed by atoms with Gasteiger partial charge in [-0.25, -0.2) is 15.0 Å². The number of nitrogens with one attached hydrogen (secondary N) is 1. The van der Waals surface area contributed by atoms with Gasteiger partial charge in [0.05, 0.1) is 18.2 Å². The van der Waals surface area contributed by atoms with Crippen LogP contribution in [0, 0.1) is 0 Å². The van der Waals surface area contributed by atoms with Crippen LogP contribution >= 0.6 is 0 Å². The van der Waals surface area contributed by atoms with Crippen molar-refractivity contribution < 1.29 is 0 Å². The first kappa shape index (κ1) is 10.6. The Hall–Kier alpha value is -1.91. The van der Waals surface area contributed by atoms with E-state index >= 15 is 0 Å². The monoisotopic (exact) mass is 217 g/mol. The summed E-state index contributed by atoms with van der Waals surface area (Å²) in [5.41, 5.74) is 1.81. The SMILES string of the molecule is CCCNc1nccnc1-c1cncn1C. The number of aromatic nitrogens is 4. The molecule has 5 nitrogen and oxygen atoms in total. The van der Waals surface area contributed by atoms with Gasteiger partial charge in [-0.1, -0.05) is 6.92 Å². The number of imidazole rings is 1. The van der Waals surface area contributed by atoms with Crippen molar-refractivity contribution in [1.82, 2.24) is 19.5 Å². The Morgan fingerprint density at radius 1 is 1.31 bits per heavy atom. The van der Waals surface area contributed by atoms with E-state index in [1.165, 1.54) is 0 Å². The third-order valence-corrected chi connectivity index (χ3v) is 2.30. The molecule has 0 saturated heterocycles. The van der Waals surface area contributed by atoms with E-state index in [9.17, 15) is 0 Å². The summed E-state index contributed by atoms with van der Waals surface area (Å²) in [5.74, 6) is 0.813. The number of anilines is 1. The van der Waals surface area contributed by atoms with Crippen molar-refractivity contribution in [2.24, 2.45) is 7.05 Å². The van der Waals surface area contributed by atoms with Gasteiger partial charge in [-0.3, -0.25) is 0 Å². The predicted octanol–water partition coefficient (Wildman–Crippen LogP) is 1.70. The minimum atomic E-state index is 0.813. The molecule has 0 amide bonds. The Morgan fingerprint density at radius 3 is 2.81 bits per heavy atom. The topological polar surface area (TPSA) is 55.6 Å². The standard InChI is InChI=1S/C11H15N5/c1-3-4-14-11-10(13-5-6-15-11)9-7-12-8-16(9)2/h5-8H,3-4H2,1-2H3,(H,14,15). The maximum atomic E-state index is 4.35. The largest absolute Gasteiger partial charge is 0.368 e. The molecule has 2 heterocycles. The van der Waals surface area contributed by atoms with E-state index in [2.05, 4.69) is 27.2 Å². The molecular formula is C11H15N5. The molecule has 0 fully saturated rings. The average Bonchev–Trinajstić information content (AvgIpc) is 2.73. The highest BCUT2D eigenvalue weighted by Crippen LogP contribution is 2.22. The molecule has 0 spiro atoms. The molecule has 0 aliphatic rings. The van der Waals surface area contributed by atoms with Crippen molar-refractivity contribution in [3.05, 3.63) is 24.9 Å². The van der Waals surface area contributed by atoms with Crippen LogP contribution in [0.2, 0.25) is 0 Å². The molecule has 0 bridgehead atoms. The molecule has 0 atom stereocenters. The van der Waals surface area contributed by atoms with Crippen LogP contribution in [0.15, 0.2) is 24.9 Å². The minimum absolute atomic E-state index is 0.813. The molecule has 16 heavy (non-hydrogen) atoms. The summed E-state index contributed by atoms with van der Waals surface area (Å²) in [5, 5.41) is 3.26. The quantitative estimate of drug-likeness (QED) is 0.846. The van der Waals surface area contributed by atoms with E-state index < -0.39 is 0 Å². The first-order valence-electron chi connectivity index (χ1n) is 5.34. The number of nitrogens with zero attached hydrogens (tertiary/aromatic N) is 4. The van der Waals surface area contributed by atoms with Gasteiger partial charge in [0.1, 0.15) is 5.69 Å². The summed E-state index contributed by atoms with van der Waals surface area (Å²) in [7, 11) is 1.95. The second-order valence-electron chi connectivity index (χ2n) is 3.57. The minimum Gasteiger partial charge on any atom is -0.368 e. The third kappa shape index (κ3) is 2.03. The first-order chi connectivity index (χ1) is 7.83. The van der Waals surface area contributed by atoms with E-state index in [0.29, 0.717) is 0 Å². The van der Waals surface area contributed by atoms with Crippen molar-refractivity contribution in [3.8, 4) is 11.4 Å². The van der Waals surface area contributed by atoms with Gasteiger partial charge in [-0.15, -0.1) is 0 Å². The zero-order chi connectivity index (χ0) is 11.4. The van der Waals surface area contributed by atoms with Crippen LogP contribution in [0.3, 0.4) is 0 Å². The van der Waals surface area contributed by atoms with E-state index in [1.807, 2.05) is 11.6 Å². The van der Waals surface area contributed by atoms with Gasteiger partial charge in [0.2, 0.25) is 0 Å². The van der Waals surface area contributed by atoms with E-state index in [0.717, 1.165) is 30.2 Å². The maximum absolute atomic E-state index is 4.35. The predicted molar refractivity (Wildman–Crippen MR) is 63.0 cm³/mol. The van der Waals surface area contributed by atoms with Crippen LogP contribution in [-0.2, 0) is 7.05 Å². The van der Waals surface area contributed by atoms with Crippen LogP contribution in [0.1, 0.15) is 13.3 Å². The smallest absolute Gasteiger partial charge is 0.154 e. The Balaban J connectivity index is 2.37. The van der Waals surface area contributed by atoms with Gasteiger partial charge in [0, 0.05) is 26.0 Å². The van der Waals surface area contributed by atoms with Crippen molar-refractivity contribution in [3.63, 3.8) is 0 Å². The number of hydrogen-bond donors (Lipinski definition) is 1. The van der Waals surface area contributed by atoms with Crippen LogP contribution in [0.5, 0.6) is 0 Å². The zero-order valence-corrected chi connectivity index (χ0v) is 9.51. The van der Waals surface area contributed by atoms with Crippen molar-refractivity contribution in [2.45, 2.75) is 13.3 Å². The molecule has 0 saturated carbocycles. The summed E-state index contributed by atoms with van der Waals surface area (Å²) in [6.45, 7) is 3.01. The van der Waals surface area contributed by atoms with Crippen LogP contribution < -0.4 is 5.32 Å². The molecule has 84 valence electrons. The molecule has 0 aromatic carbocycles. The summed E-state index contributed by atoms with van der Waals surface area (Å²) in [6, 6.07) is 0. The van der Waals surface area contributed by atoms with Gasteiger partial charge in [-0.2, -0.15) is 0 Å². The molecular weight excluding hydrogens is 202 g/mol. The fraction of sp³-hybridized carbons (Fsp3) is 0.364. The second kappa shape index (κ2) is 4.74. The first-order valence-corrected chi connectivity index (χ1v) is 5.34. The summed E-state index contributed by atoms with van der Waals surface area (Å²) < 4.78 is 1.93. The van der Waals surface area contributed by atoms with Crippen LogP contribution in [-0.4, -0.2) is 26.1 Å². The van der Waals surface area contributed by atoms with E-state index in [1.54, 1.807) is 24.9 Å². The lowest BCUT2D eigenvalue weighted by Crippen LogP contribution is -2.05. The van der Waals surface area contributed by atoms with Gasteiger partial charge < -0.3 is 9.88 Å². The van der Waals surface area contributed by atoms with Gasteiger partial charge in [-0.05, 0) is 6.42 Å². The van der Waals surface area contributed by atoms with Crippen molar-refractivity contribution in [1.29, 1.82) is 0 Å². The Labute approximate surface area is 94.6 Å². The van der Waals surface area contributed by atoms with Crippen LogP contribution in [0.25, 0.3) is 11.4 Å². The lowest BCUT2D eigenvalue weighted by Gasteiger charge is -2.08. The molecule has 2 rings (SSSR count). The lowest BCUT2D eigenvalue weighted by atomic mass is 10.3. The third-order valence-electron chi connectivity index (χ3n) is 2.30. The highest BCUT2D eigenvalue weighted by atomic mass is 15.1. The van der Waals surface area contributed by atoms with Crippen LogP contribution in [0.4, 0.5) is 5.82 Å². The Kier molecular flexibility index (Phi) is 3.14. The molecule has 0 radical (unpaired) electrons. The average molecular weight is 217 g/mol. The molecule has 1 N–H and O–H groups in total. The Bertz CT molecular complexity index is 463. The Morgan fingerprint density at radius 2 is 2.12 bits per heavy atom. The molecule has 2 aromatic heterocycles. The van der Waals surface area contributed by atoms with Crippen molar-refractivity contribution >= 4 is 5.82 Å². The number of rotatable bonds is 4. The lowest BCUT2D eigenvalue weighted by molar-refractivity contribution is 0.911. The fourth-order valence-electron chi connectivity index (χ4n) is 1.48. The number of hydrogen-bond acceptors (Lipinski definition) is 4. The van der Waals surface area contributed by atoms with Gasteiger partial charge in [0.15, 0.2) is 5.82 Å². The maximum Gasteiger partial charge on any atom is 0.154 e. The van der Waals surface area contributed by atoms with E-state index in [-0.39, 0.29) is 0 Å². The normalized spacial score (nSPS) is 10.4. The molecule has 0 aliphatic heterocycles. The molecule has 0 unspecified atom stereocenters. The van der Waals surface area contributed by atoms with E-state index in [4.69, 9.17) is 0 Å².